The van der Waals surface area contributed by atoms with Gasteiger partial charge in [0.2, 0.25) is 5.91 Å². The molecule has 6 nitrogen and oxygen atoms in total. The highest BCUT2D eigenvalue weighted by Gasteiger charge is 2.34. The Morgan fingerprint density at radius 2 is 1.68 bits per heavy atom. The van der Waals surface area contributed by atoms with Gasteiger partial charge in [-0.2, -0.15) is 12.7 Å². The summed E-state index contributed by atoms with van der Waals surface area (Å²) in [6, 6.07) is 0. The molecular weight excluding hydrogens is 302 g/mol. The predicted octanol–water partition coefficient (Wildman–Crippen LogP) is 1.34. The van der Waals surface area contributed by atoms with Crippen molar-refractivity contribution in [2.24, 2.45) is 5.92 Å². The van der Waals surface area contributed by atoms with Crippen molar-refractivity contribution in [3.63, 3.8) is 0 Å². The predicted molar refractivity (Wildman–Crippen MR) is 86.5 cm³/mol. The summed E-state index contributed by atoms with van der Waals surface area (Å²) in [5, 5.41) is 0. The van der Waals surface area contributed by atoms with Crippen molar-refractivity contribution in [3.05, 3.63) is 0 Å². The lowest BCUT2D eigenvalue weighted by Gasteiger charge is -2.42. The van der Waals surface area contributed by atoms with Crippen molar-refractivity contribution in [1.29, 1.82) is 0 Å². The Morgan fingerprint density at radius 3 is 2.18 bits per heavy atom. The van der Waals surface area contributed by atoms with Gasteiger partial charge in [-0.3, -0.25) is 9.69 Å². The third kappa shape index (κ3) is 4.00. The van der Waals surface area contributed by atoms with E-state index in [1.165, 1.54) is 4.31 Å². The number of carbonyl (C=O) groups is 1. The van der Waals surface area contributed by atoms with Crippen LogP contribution in [0.2, 0.25) is 0 Å². The van der Waals surface area contributed by atoms with E-state index in [1.54, 1.807) is 0 Å². The van der Waals surface area contributed by atoms with Crippen LogP contribution in [0.15, 0.2) is 0 Å². The van der Waals surface area contributed by atoms with Crippen LogP contribution < -0.4 is 4.72 Å². The van der Waals surface area contributed by atoms with Gasteiger partial charge in [0.25, 0.3) is 0 Å². The molecule has 1 amide bonds. The smallest absolute Gasteiger partial charge is 0.298 e. The van der Waals surface area contributed by atoms with Crippen molar-refractivity contribution in [3.8, 4) is 0 Å². The van der Waals surface area contributed by atoms with Gasteiger partial charge in [0.1, 0.15) is 0 Å². The first-order chi connectivity index (χ1) is 10.3. The molecule has 0 aliphatic carbocycles. The van der Waals surface area contributed by atoms with Crippen LogP contribution in [0.25, 0.3) is 0 Å². The van der Waals surface area contributed by atoms with Gasteiger partial charge >= 0.3 is 10.2 Å². The number of likely N-dealkylation sites (tertiary alicyclic amines) is 1. The van der Waals surface area contributed by atoms with E-state index in [0.717, 1.165) is 45.2 Å². The summed E-state index contributed by atoms with van der Waals surface area (Å²) in [5.74, 6) is -0.526. The van der Waals surface area contributed by atoms with Crippen molar-refractivity contribution >= 4 is 16.1 Å². The van der Waals surface area contributed by atoms with Gasteiger partial charge in [0.15, 0.2) is 0 Å². The number of rotatable bonds is 5. The number of nitrogens with one attached hydrogen (secondary N) is 1. The third-order valence-electron chi connectivity index (χ3n) is 5.22. The summed E-state index contributed by atoms with van der Waals surface area (Å²) in [5.41, 5.74) is 0.142. The van der Waals surface area contributed by atoms with Gasteiger partial charge < -0.3 is 0 Å². The summed E-state index contributed by atoms with van der Waals surface area (Å²) in [7, 11) is -3.63. The molecule has 22 heavy (non-hydrogen) atoms. The lowest BCUT2D eigenvalue weighted by atomic mass is 9.90. The van der Waals surface area contributed by atoms with Crippen LogP contribution in [0, 0.1) is 5.92 Å². The first-order valence-electron chi connectivity index (χ1n) is 8.33. The molecule has 128 valence electrons. The molecule has 2 aliphatic heterocycles. The van der Waals surface area contributed by atoms with Crippen molar-refractivity contribution in [2.75, 3.05) is 26.2 Å². The number of hydrogen-bond acceptors (Lipinski definition) is 4. The number of nitrogens with zero attached hydrogens (tertiary/aromatic N) is 2. The Kier molecular flexibility index (Phi) is 5.50. The molecule has 2 heterocycles. The second kappa shape index (κ2) is 6.84. The van der Waals surface area contributed by atoms with Crippen LogP contribution in [-0.2, 0) is 15.0 Å². The van der Waals surface area contributed by atoms with E-state index >= 15 is 0 Å². The van der Waals surface area contributed by atoms with Crippen LogP contribution in [0.4, 0.5) is 0 Å². The Labute approximate surface area is 134 Å². The summed E-state index contributed by atoms with van der Waals surface area (Å²) in [6.45, 7) is 9.33. The highest BCUT2D eigenvalue weighted by molar-refractivity contribution is 7.87. The maximum Gasteiger partial charge on any atom is 0.303 e. The molecule has 2 fully saturated rings. The van der Waals surface area contributed by atoms with Gasteiger partial charge in [0, 0.05) is 24.5 Å². The monoisotopic (exact) mass is 331 g/mol. The fourth-order valence-corrected chi connectivity index (χ4v) is 4.46. The SMILES string of the molecule is CCC(C)(C)N1CCC(C(=O)NS(=O)(=O)N2CCCC2)CC1. The van der Waals surface area contributed by atoms with Crippen LogP contribution in [0.3, 0.4) is 0 Å². The molecule has 1 N–H and O–H groups in total. The van der Waals surface area contributed by atoms with Crippen LogP contribution in [0.1, 0.15) is 52.9 Å². The lowest BCUT2D eigenvalue weighted by molar-refractivity contribution is -0.125. The maximum atomic E-state index is 12.3. The molecule has 0 bridgehead atoms. The second-order valence-electron chi connectivity index (χ2n) is 7.00. The Balaban J connectivity index is 1.87. The minimum absolute atomic E-state index is 0.142. The summed E-state index contributed by atoms with van der Waals surface area (Å²) in [6.07, 6.45) is 4.27. The van der Waals surface area contributed by atoms with E-state index < -0.39 is 10.2 Å². The Morgan fingerprint density at radius 1 is 1.14 bits per heavy atom. The third-order valence-corrected chi connectivity index (χ3v) is 6.73. The van der Waals surface area contributed by atoms with E-state index in [2.05, 4.69) is 30.4 Å². The highest BCUT2D eigenvalue weighted by atomic mass is 32.2. The average Bonchev–Trinajstić information content (AvgIpc) is 3.02. The molecule has 2 saturated heterocycles. The van der Waals surface area contributed by atoms with Gasteiger partial charge in [0.05, 0.1) is 0 Å². The zero-order valence-corrected chi connectivity index (χ0v) is 14.8. The maximum absolute atomic E-state index is 12.3. The molecule has 0 aromatic carbocycles. The van der Waals surface area contributed by atoms with Crippen molar-refractivity contribution < 1.29 is 13.2 Å². The normalized spacial score (nSPS) is 22.9. The molecule has 0 saturated carbocycles. The van der Waals surface area contributed by atoms with Crippen molar-refractivity contribution in [1.82, 2.24) is 13.9 Å². The number of carbonyl (C=O) groups excluding carboxylic acids is 1. The minimum atomic E-state index is -3.63. The number of piperidine rings is 1. The molecule has 0 atom stereocenters. The first-order valence-corrected chi connectivity index (χ1v) is 9.77. The fraction of sp³-hybridized carbons (Fsp3) is 0.933. The minimum Gasteiger partial charge on any atom is -0.298 e. The molecule has 2 aliphatic rings. The Hall–Kier alpha value is -0.660. The van der Waals surface area contributed by atoms with Crippen LogP contribution >= 0.6 is 0 Å². The van der Waals surface area contributed by atoms with Crippen LogP contribution in [0.5, 0.6) is 0 Å². The number of hydrogen-bond donors (Lipinski definition) is 1. The van der Waals surface area contributed by atoms with Gasteiger partial charge in [-0.05, 0) is 59.0 Å². The molecular formula is C15H29N3O3S. The lowest BCUT2D eigenvalue weighted by Crippen LogP contribution is -2.51. The average molecular weight is 331 g/mol. The molecule has 0 spiro atoms. The summed E-state index contributed by atoms with van der Waals surface area (Å²) < 4.78 is 27.9. The van der Waals surface area contributed by atoms with E-state index in [0.29, 0.717) is 13.1 Å². The van der Waals surface area contributed by atoms with Crippen molar-refractivity contribution in [2.45, 2.75) is 58.4 Å². The quantitative estimate of drug-likeness (QED) is 0.825. The van der Waals surface area contributed by atoms with Crippen LogP contribution in [-0.4, -0.2) is 55.2 Å². The van der Waals surface area contributed by atoms with E-state index in [9.17, 15) is 13.2 Å². The zero-order valence-electron chi connectivity index (χ0n) is 14.0. The topological polar surface area (TPSA) is 69.7 Å². The Bertz CT molecular complexity index is 490. The highest BCUT2D eigenvalue weighted by Crippen LogP contribution is 2.26. The molecule has 0 unspecified atom stereocenters. The second-order valence-corrected chi connectivity index (χ2v) is 8.68. The summed E-state index contributed by atoms with van der Waals surface area (Å²) in [4.78, 5) is 14.7. The van der Waals surface area contributed by atoms with E-state index in [-0.39, 0.29) is 17.4 Å². The van der Waals surface area contributed by atoms with Gasteiger partial charge in [-0.1, -0.05) is 6.92 Å². The molecule has 0 radical (unpaired) electrons. The molecule has 0 aromatic heterocycles. The standard InChI is InChI=1S/C15H29N3O3S/c1-4-15(2,3)17-11-7-13(8-12-17)14(19)16-22(20,21)18-9-5-6-10-18/h13H,4-12H2,1-3H3,(H,16,19). The van der Waals surface area contributed by atoms with Gasteiger partial charge in [-0.25, -0.2) is 4.72 Å². The molecule has 7 heteroatoms. The first kappa shape index (κ1) is 17.7. The largest absolute Gasteiger partial charge is 0.303 e. The number of amides is 1. The van der Waals surface area contributed by atoms with E-state index in [1.807, 2.05) is 0 Å². The zero-order chi connectivity index (χ0) is 16.4. The molecule has 2 rings (SSSR count). The molecule has 0 aromatic rings. The summed E-state index contributed by atoms with van der Waals surface area (Å²) >= 11 is 0. The van der Waals surface area contributed by atoms with E-state index in [4.69, 9.17) is 0 Å². The fourth-order valence-electron chi connectivity index (χ4n) is 3.17. The van der Waals surface area contributed by atoms with Gasteiger partial charge in [-0.15, -0.1) is 0 Å².